The van der Waals surface area contributed by atoms with E-state index in [1.807, 2.05) is 6.92 Å². The molecule has 1 aliphatic rings. The highest BCUT2D eigenvalue weighted by molar-refractivity contribution is 7.91. The van der Waals surface area contributed by atoms with Crippen molar-refractivity contribution in [1.82, 2.24) is 4.98 Å². The van der Waals surface area contributed by atoms with Crippen molar-refractivity contribution in [3.8, 4) is 0 Å². The number of nitrogens with one attached hydrogen (secondary N) is 1. The van der Waals surface area contributed by atoms with Gasteiger partial charge in [-0.05, 0) is 38.3 Å². The zero-order chi connectivity index (χ0) is 20.3. The van der Waals surface area contributed by atoms with E-state index in [-0.39, 0.29) is 12.6 Å². The van der Waals surface area contributed by atoms with E-state index in [0.29, 0.717) is 12.2 Å². The summed E-state index contributed by atoms with van der Waals surface area (Å²) in [5, 5.41) is 2.87. The molecule has 2 aromatic rings. The van der Waals surface area contributed by atoms with Crippen molar-refractivity contribution >= 4 is 21.3 Å². The van der Waals surface area contributed by atoms with Gasteiger partial charge in [0.15, 0.2) is 27.3 Å². The van der Waals surface area contributed by atoms with Gasteiger partial charge in [0.25, 0.3) is 5.95 Å². The third-order valence-corrected chi connectivity index (χ3v) is 6.56. The molecule has 9 heteroatoms. The smallest absolute Gasteiger partial charge is 0.252 e. The van der Waals surface area contributed by atoms with Gasteiger partial charge in [0.2, 0.25) is 0 Å². The van der Waals surface area contributed by atoms with Gasteiger partial charge >= 0.3 is 0 Å². The monoisotopic (exact) mass is 413 g/mol. The van der Waals surface area contributed by atoms with Gasteiger partial charge in [0, 0.05) is 24.8 Å². The molecule has 2 heterocycles. The maximum absolute atomic E-state index is 15.0. The number of aromatic nitrogens is 1. The Morgan fingerprint density at radius 1 is 1.14 bits per heavy atom. The van der Waals surface area contributed by atoms with Crippen LogP contribution in [0.3, 0.4) is 0 Å². The molecule has 1 aromatic carbocycles. The third-order valence-electron chi connectivity index (χ3n) is 4.84. The maximum Gasteiger partial charge on any atom is 0.252 e. The van der Waals surface area contributed by atoms with Gasteiger partial charge in [-0.25, -0.2) is 17.2 Å². The molecule has 1 saturated heterocycles. The number of hydrogen-bond donors (Lipinski definition) is 1. The van der Waals surface area contributed by atoms with Gasteiger partial charge < -0.3 is 10.2 Å². The molecule has 0 aliphatic carbocycles. The van der Waals surface area contributed by atoms with Crippen molar-refractivity contribution in [2.75, 3.05) is 29.1 Å². The molecule has 0 radical (unpaired) electrons. The van der Waals surface area contributed by atoms with Crippen LogP contribution in [0.25, 0.3) is 0 Å². The molecule has 0 spiro atoms. The minimum Gasteiger partial charge on any atom is -0.384 e. The van der Waals surface area contributed by atoms with Crippen LogP contribution in [-0.4, -0.2) is 38.3 Å². The summed E-state index contributed by atoms with van der Waals surface area (Å²) < 4.78 is 68.5. The molecule has 1 aromatic heterocycles. The third kappa shape index (κ3) is 4.24. The van der Waals surface area contributed by atoms with Gasteiger partial charge in [-0.1, -0.05) is 18.2 Å². The van der Waals surface area contributed by atoms with Gasteiger partial charge in [0.1, 0.15) is 4.90 Å². The van der Waals surface area contributed by atoms with Crippen molar-refractivity contribution in [2.45, 2.75) is 37.1 Å². The van der Waals surface area contributed by atoms with Crippen molar-refractivity contribution in [3.05, 3.63) is 47.9 Å². The summed E-state index contributed by atoms with van der Waals surface area (Å²) in [5.41, 5.74) is 0.669. The Bertz CT molecular complexity index is 939. The molecule has 28 heavy (non-hydrogen) atoms. The number of piperidine rings is 1. The van der Waals surface area contributed by atoms with Gasteiger partial charge in [-0.2, -0.15) is 9.37 Å². The summed E-state index contributed by atoms with van der Waals surface area (Å²) in [7, 11) is -4.41. The largest absolute Gasteiger partial charge is 0.384 e. The zero-order valence-corrected chi connectivity index (χ0v) is 16.3. The summed E-state index contributed by atoms with van der Waals surface area (Å²) in [6, 6.07) is 8.65. The molecule has 5 nitrogen and oxygen atoms in total. The quantitative estimate of drug-likeness (QED) is 0.731. The summed E-state index contributed by atoms with van der Waals surface area (Å²) in [4.78, 5) is 3.63. The number of benzene rings is 1. The molecule has 1 N–H and O–H groups in total. The highest BCUT2D eigenvalue weighted by Gasteiger charge is 2.33. The molecule has 0 bridgehead atoms. The minimum atomic E-state index is -4.41. The van der Waals surface area contributed by atoms with Crippen LogP contribution in [0.2, 0.25) is 0 Å². The number of hydrogen-bond acceptors (Lipinski definition) is 5. The fraction of sp³-hybridized carbons (Fsp3) is 0.421. The van der Waals surface area contributed by atoms with Crippen LogP contribution in [0.15, 0.2) is 35.2 Å². The van der Waals surface area contributed by atoms with Crippen molar-refractivity contribution < 1.29 is 21.6 Å². The van der Waals surface area contributed by atoms with E-state index in [0.717, 1.165) is 19.3 Å². The maximum atomic E-state index is 15.0. The molecule has 1 fully saturated rings. The van der Waals surface area contributed by atoms with Crippen LogP contribution < -0.4 is 10.2 Å². The summed E-state index contributed by atoms with van der Waals surface area (Å²) in [6.45, 7) is 2.15. The first kappa shape index (κ1) is 20.4. The van der Waals surface area contributed by atoms with E-state index in [9.17, 15) is 17.2 Å². The lowest BCUT2D eigenvalue weighted by atomic mass is 10.0. The molecular formula is C19H22F3N3O2S. The lowest BCUT2D eigenvalue weighted by molar-refractivity contribution is 0.417. The second-order valence-corrected chi connectivity index (χ2v) is 8.88. The predicted octanol–water partition coefficient (Wildman–Crippen LogP) is 3.76. The lowest BCUT2D eigenvalue weighted by Gasteiger charge is -2.34. The van der Waals surface area contributed by atoms with Crippen LogP contribution in [0, 0.1) is 17.6 Å². The topological polar surface area (TPSA) is 62.3 Å². The van der Waals surface area contributed by atoms with E-state index < -0.39 is 43.9 Å². The number of halogens is 3. The molecular weight excluding hydrogens is 391 g/mol. The van der Waals surface area contributed by atoms with Crippen molar-refractivity contribution in [1.29, 1.82) is 0 Å². The van der Waals surface area contributed by atoms with E-state index >= 15 is 4.39 Å². The summed E-state index contributed by atoms with van der Waals surface area (Å²) in [6.07, 6.45) is 2.41. The van der Waals surface area contributed by atoms with E-state index in [4.69, 9.17) is 0 Å². The van der Waals surface area contributed by atoms with Crippen molar-refractivity contribution in [3.63, 3.8) is 0 Å². The summed E-state index contributed by atoms with van der Waals surface area (Å²) in [5.74, 6) is -5.74. The van der Waals surface area contributed by atoms with Gasteiger partial charge in [-0.3, -0.25) is 0 Å². The lowest BCUT2D eigenvalue weighted by Crippen LogP contribution is -2.39. The second kappa shape index (κ2) is 8.38. The molecule has 0 amide bonds. The Balaban J connectivity index is 1.89. The normalized spacial score (nSPS) is 17.6. The van der Waals surface area contributed by atoms with Crippen LogP contribution in [0.5, 0.6) is 0 Å². The van der Waals surface area contributed by atoms with E-state index in [2.05, 4.69) is 10.3 Å². The predicted molar refractivity (Wildman–Crippen MR) is 102 cm³/mol. The highest BCUT2D eigenvalue weighted by atomic mass is 32.2. The first-order chi connectivity index (χ1) is 13.3. The average Bonchev–Trinajstić information content (AvgIpc) is 2.66. The number of nitrogens with zero attached hydrogens (tertiary/aromatic N) is 2. The van der Waals surface area contributed by atoms with Gasteiger partial charge in [0.05, 0.1) is 5.75 Å². The van der Waals surface area contributed by atoms with Crippen LogP contribution in [0.1, 0.15) is 26.2 Å². The van der Waals surface area contributed by atoms with Crippen molar-refractivity contribution in [2.24, 2.45) is 0 Å². The van der Waals surface area contributed by atoms with E-state index in [1.54, 1.807) is 30.3 Å². The number of anilines is 2. The van der Waals surface area contributed by atoms with Crippen LogP contribution in [-0.2, 0) is 9.84 Å². The number of rotatable bonds is 6. The standard InChI is InChI=1S/C19H22F3N3O2S/c1-13-7-5-6-11-25(13)19-16(21)17(15(20)18(22)24-19)28(26,27)12-10-23-14-8-3-2-4-9-14/h2-4,8-9,13,23H,5-7,10-12H2,1H3/t13-/m0/s1. The highest BCUT2D eigenvalue weighted by Crippen LogP contribution is 2.31. The summed E-state index contributed by atoms with van der Waals surface area (Å²) >= 11 is 0. The Morgan fingerprint density at radius 3 is 2.54 bits per heavy atom. The Morgan fingerprint density at radius 2 is 1.86 bits per heavy atom. The second-order valence-electron chi connectivity index (χ2n) is 6.83. The number of sulfone groups is 1. The Labute approximate surface area is 162 Å². The fourth-order valence-corrected chi connectivity index (χ4v) is 4.64. The first-order valence-electron chi connectivity index (χ1n) is 9.14. The number of pyridine rings is 1. The molecule has 1 atom stereocenters. The zero-order valence-electron chi connectivity index (χ0n) is 15.5. The number of para-hydroxylation sites is 1. The SMILES string of the molecule is C[C@H]1CCCCN1c1nc(F)c(F)c(S(=O)(=O)CCNc2ccccc2)c1F. The molecule has 152 valence electrons. The average molecular weight is 413 g/mol. The Hall–Kier alpha value is -2.29. The molecule has 0 unspecified atom stereocenters. The minimum absolute atomic E-state index is 0.0788. The first-order valence-corrected chi connectivity index (χ1v) is 10.8. The molecule has 1 aliphatic heterocycles. The molecule has 3 rings (SSSR count). The van der Waals surface area contributed by atoms with E-state index in [1.165, 1.54) is 4.90 Å². The fourth-order valence-electron chi connectivity index (χ4n) is 3.35. The Kier molecular flexibility index (Phi) is 6.12. The van der Waals surface area contributed by atoms with Crippen LogP contribution in [0.4, 0.5) is 24.7 Å². The van der Waals surface area contributed by atoms with Gasteiger partial charge in [-0.15, -0.1) is 0 Å². The molecule has 0 saturated carbocycles. The van der Waals surface area contributed by atoms with Crippen LogP contribution >= 0.6 is 0 Å².